The number of aryl methyl sites for hydroxylation is 1. The number of hydrogen-bond acceptors (Lipinski definition) is 10. The summed E-state index contributed by atoms with van der Waals surface area (Å²) < 4.78 is 0. The molecule has 22 unspecified atom stereocenters. The van der Waals surface area contributed by atoms with Crippen LogP contribution in [0.3, 0.4) is 0 Å². The highest BCUT2D eigenvalue weighted by Gasteiger charge is 2.43. The van der Waals surface area contributed by atoms with Crippen molar-refractivity contribution in [3.8, 4) is 0 Å². The van der Waals surface area contributed by atoms with E-state index in [1.807, 2.05) is 0 Å². The van der Waals surface area contributed by atoms with Gasteiger partial charge in [0.05, 0.1) is 0 Å². The highest BCUT2D eigenvalue weighted by atomic mass is 15.2. The minimum absolute atomic E-state index is 0.593. The lowest BCUT2D eigenvalue weighted by atomic mass is 9.73. The molecule has 0 bridgehead atoms. The van der Waals surface area contributed by atoms with Crippen LogP contribution in [0.4, 0.5) is 11.4 Å². The molecule has 10 aliphatic heterocycles. The molecule has 4 aromatic carbocycles. The summed E-state index contributed by atoms with van der Waals surface area (Å²) in [6.07, 6.45) is 46.2. The molecule has 16 aliphatic rings. The molecule has 113 heavy (non-hydrogen) atoms. The number of likely N-dealkylation sites (tertiary alicyclic amines) is 6. The predicted octanol–water partition coefficient (Wildman–Crippen LogP) is 22.0. The van der Waals surface area contributed by atoms with E-state index < -0.39 is 0 Å². The Labute approximate surface area is 696 Å². The maximum Gasteiger partial charge on any atom is 0.0399 e. The molecule has 0 aromatic heterocycles. The standard InChI is InChI=1S/C11H21N.2C11H15N.C11H21N.C11H15N.2C10H19N.C10H13N.2C9H17N/c2*1-9-7-10-5-3-4-6-11(10)8-12(9)2;1-9-11-6-4-3-5-10(11)7-8-12(9)2;2*1-9-7-8-10-5-3-4-6-11(10)12(9)2;1-8-10-6-4-3-5-9(10)7-11(8)2;2*1-8-7-9-5-3-4-6-10(9)11(8)2;1-7-9-5-3-4-8(9)6-10(7)2;1-7-6-8-4-3-5-9(8)10(7)2/h9-11H,3-8H2,1-2H3;2*3-6,9H,7-8H2,1-2H3;9-11H,3-8H2,1-2H3;3-6,9H,7-8H2,1-2H3;2*8-10H,3-7H2,1-2H3;3-6,8H,7H2,1-2H3;2*7-9H,3-6H2,1-2H3. The summed E-state index contributed by atoms with van der Waals surface area (Å²) in [5, 5.41) is 0. The van der Waals surface area contributed by atoms with Crippen LogP contribution in [0.25, 0.3) is 0 Å². The Morgan fingerprint density at radius 3 is 1.28 bits per heavy atom. The van der Waals surface area contributed by atoms with Crippen molar-refractivity contribution in [1.29, 1.82) is 0 Å². The van der Waals surface area contributed by atoms with Crippen LogP contribution in [-0.4, -0.2) is 208 Å². The first-order valence-electron chi connectivity index (χ1n) is 47.8. The van der Waals surface area contributed by atoms with Gasteiger partial charge in [0.2, 0.25) is 0 Å². The third-order valence-electron chi connectivity index (χ3n) is 33.7. The zero-order chi connectivity index (χ0) is 80.6. The van der Waals surface area contributed by atoms with Crippen LogP contribution in [0.1, 0.15) is 288 Å². The topological polar surface area (TPSA) is 32.4 Å². The number of anilines is 2. The molecule has 20 rings (SSSR count). The Kier molecular flexibility index (Phi) is 34.5. The van der Waals surface area contributed by atoms with Crippen molar-refractivity contribution >= 4 is 11.4 Å². The first-order chi connectivity index (χ1) is 54.3. The van der Waals surface area contributed by atoms with Gasteiger partial charge in [-0.25, -0.2) is 0 Å². The van der Waals surface area contributed by atoms with Gasteiger partial charge in [0.15, 0.2) is 0 Å². The van der Waals surface area contributed by atoms with E-state index in [0.717, 1.165) is 114 Å². The van der Waals surface area contributed by atoms with Crippen LogP contribution in [0, 0.1) is 53.3 Å². The average Bonchev–Trinajstić information content (AvgIpc) is 1.05. The summed E-state index contributed by atoms with van der Waals surface area (Å²) in [7, 11) is 22.5. The molecule has 634 valence electrons. The van der Waals surface area contributed by atoms with Crippen molar-refractivity contribution in [2.75, 3.05) is 106 Å². The van der Waals surface area contributed by atoms with Gasteiger partial charge in [0.25, 0.3) is 0 Å². The van der Waals surface area contributed by atoms with Crippen LogP contribution in [0.15, 0.2) is 97.1 Å². The van der Waals surface area contributed by atoms with Gasteiger partial charge in [-0.3, -0.25) is 9.80 Å². The average molecular weight is 1550 g/mol. The Hall–Kier alpha value is -3.84. The number of benzene rings is 4. The van der Waals surface area contributed by atoms with Crippen molar-refractivity contribution in [3.05, 3.63) is 130 Å². The smallest absolute Gasteiger partial charge is 0.0399 e. The zero-order valence-corrected chi connectivity index (χ0v) is 76.6. The molecule has 12 fully saturated rings. The van der Waals surface area contributed by atoms with Crippen molar-refractivity contribution in [2.24, 2.45) is 53.3 Å². The van der Waals surface area contributed by atoms with Crippen LogP contribution in [0.5, 0.6) is 0 Å². The number of piperidine rings is 2. The van der Waals surface area contributed by atoms with E-state index in [0.29, 0.717) is 24.2 Å². The monoisotopic (exact) mass is 1550 g/mol. The highest BCUT2D eigenvalue weighted by molar-refractivity contribution is 5.58. The number of nitrogens with zero attached hydrogens (tertiary/aromatic N) is 10. The molecule has 0 amide bonds. The van der Waals surface area contributed by atoms with Gasteiger partial charge < -0.3 is 39.2 Å². The summed E-state index contributed by atoms with van der Waals surface area (Å²) in [4.78, 5) is 25.0. The maximum atomic E-state index is 2.63. The van der Waals surface area contributed by atoms with E-state index in [2.05, 4.69) is 286 Å². The minimum Gasteiger partial charge on any atom is -0.372 e. The fourth-order valence-electron chi connectivity index (χ4n) is 24.8. The Morgan fingerprint density at radius 2 is 0.681 bits per heavy atom. The van der Waals surface area contributed by atoms with Gasteiger partial charge in [-0.15, -0.1) is 0 Å². The third kappa shape index (κ3) is 23.6. The number of likely N-dealkylation sites (N-methyl/N-ethyl adjacent to an activating group) is 3. The minimum atomic E-state index is 0.593. The number of para-hydroxylation sites is 2. The van der Waals surface area contributed by atoms with Gasteiger partial charge in [-0.05, 0) is 359 Å². The molecule has 22 atom stereocenters. The molecule has 0 radical (unpaired) electrons. The molecule has 10 heteroatoms. The van der Waals surface area contributed by atoms with Crippen LogP contribution in [-0.2, 0) is 32.2 Å². The summed E-state index contributed by atoms with van der Waals surface area (Å²) in [5.74, 6) is 9.44. The summed E-state index contributed by atoms with van der Waals surface area (Å²) in [6, 6.07) is 45.4. The van der Waals surface area contributed by atoms with Crippen molar-refractivity contribution < 1.29 is 0 Å². The van der Waals surface area contributed by atoms with Crippen LogP contribution < -0.4 is 9.80 Å². The Bertz CT molecular complexity index is 3230. The number of fused-ring (bicyclic) bond motifs is 10. The van der Waals surface area contributed by atoms with Gasteiger partial charge in [0.1, 0.15) is 0 Å². The molecular formula is C103H172N10. The lowest BCUT2D eigenvalue weighted by Crippen LogP contribution is -2.48. The maximum absolute atomic E-state index is 2.63. The lowest BCUT2D eigenvalue weighted by Gasteiger charge is -2.45. The molecule has 0 spiro atoms. The number of rotatable bonds is 0. The van der Waals surface area contributed by atoms with Gasteiger partial charge in [-0.1, -0.05) is 156 Å². The van der Waals surface area contributed by atoms with Crippen molar-refractivity contribution in [2.45, 2.75) is 360 Å². The van der Waals surface area contributed by atoms with E-state index in [4.69, 9.17) is 0 Å². The quantitative estimate of drug-likeness (QED) is 0.170. The second-order valence-electron chi connectivity index (χ2n) is 40.6. The SMILES string of the molecule is CC1C2CCCC2CN1C.CC1C2CCCCC2CN1C.CC1CC2CCCC2N1C.CC1CC2CCCCC2CN1C.CC1CC2CCCCC2N1C.CC1CCC2CCCCC2N1C.CC1CCc2ccccc2N1C.CC1Cc2ccccc2CN1C.CC1Cc2ccccc2N1C.CC1c2ccccc2CCN1C. The van der Waals surface area contributed by atoms with Gasteiger partial charge in [0, 0.05) is 137 Å². The summed E-state index contributed by atoms with van der Waals surface area (Å²) in [6.45, 7) is 29.8. The number of hydrogen-bond donors (Lipinski definition) is 0. The van der Waals surface area contributed by atoms with E-state index in [9.17, 15) is 0 Å². The van der Waals surface area contributed by atoms with Gasteiger partial charge >= 0.3 is 0 Å². The molecule has 6 aliphatic carbocycles. The van der Waals surface area contributed by atoms with E-state index in [-0.39, 0.29) is 0 Å². The lowest BCUT2D eigenvalue weighted by molar-refractivity contribution is 0.0447. The summed E-state index contributed by atoms with van der Waals surface area (Å²) in [5.41, 5.74) is 11.9. The van der Waals surface area contributed by atoms with E-state index in [1.165, 1.54) is 276 Å². The highest BCUT2D eigenvalue weighted by Crippen LogP contribution is 2.45. The van der Waals surface area contributed by atoms with Crippen molar-refractivity contribution in [3.63, 3.8) is 0 Å². The van der Waals surface area contributed by atoms with Gasteiger partial charge in [-0.2, -0.15) is 0 Å². The molecule has 0 N–H and O–H groups in total. The molecule has 10 nitrogen and oxygen atoms in total. The Balaban J connectivity index is 0.000000124. The molecule has 4 aromatic rings. The first kappa shape index (κ1) is 89.9. The Morgan fingerprint density at radius 1 is 0.265 bits per heavy atom. The van der Waals surface area contributed by atoms with Crippen LogP contribution >= 0.6 is 0 Å². The largest absolute Gasteiger partial charge is 0.372 e. The second-order valence-corrected chi connectivity index (χ2v) is 40.6. The predicted molar refractivity (Wildman–Crippen MR) is 488 cm³/mol. The fourth-order valence-corrected chi connectivity index (χ4v) is 24.8. The fraction of sp³-hybridized carbons (Fsp3) is 0.767. The van der Waals surface area contributed by atoms with Crippen molar-refractivity contribution in [1.82, 2.24) is 39.2 Å². The summed E-state index contributed by atoms with van der Waals surface area (Å²) >= 11 is 0. The normalized spacial score (nSPS) is 36.3. The van der Waals surface area contributed by atoms with Crippen LogP contribution in [0.2, 0.25) is 0 Å². The molecular weight excluding hydrogens is 1380 g/mol. The molecule has 6 saturated carbocycles. The first-order valence-corrected chi connectivity index (χ1v) is 47.8. The second kappa shape index (κ2) is 43.4. The molecule has 10 heterocycles. The zero-order valence-electron chi connectivity index (χ0n) is 76.6. The third-order valence-corrected chi connectivity index (χ3v) is 33.7. The van der Waals surface area contributed by atoms with E-state index >= 15 is 0 Å². The van der Waals surface area contributed by atoms with E-state index in [1.54, 1.807) is 0 Å². The molecule has 6 saturated heterocycles.